The first-order chi connectivity index (χ1) is 12.6. The first kappa shape index (κ1) is 18.8. The molecule has 9 heteroatoms. The maximum Gasteiger partial charge on any atom is 0.317 e. The Morgan fingerprint density at radius 3 is 2.81 bits per heavy atom. The largest absolute Gasteiger partial charge is 0.388 e. The molecular weight excluding hydrogens is 354 g/mol. The van der Waals surface area contributed by atoms with E-state index in [0.717, 1.165) is 23.5 Å². The number of amides is 2. The molecule has 0 spiro atoms. The Labute approximate surface area is 156 Å². The van der Waals surface area contributed by atoms with Gasteiger partial charge in [-0.25, -0.2) is 4.79 Å². The number of carbonyl (C=O) groups excluding carboxylic acids is 1. The molecule has 0 bridgehead atoms. The van der Waals surface area contributed by atoms with Crippen LogP contribution in [-0.4, -0.2) is 57.5 Å². The highest BCUT2D eigenvalue weighted by Crippen LogP contribution is 2.27. The van der Waals surface area contributed by atoms with Crippen LogP contribution in [0.15, 0.2) is 17.5 Å². The number of carbonyl (C=O) groups is 1. The van der Waals surface area contributed by atoms with E-state index in [1.165, 1.54) is 0 Å². The van der Waals surface area contributed by atoms with Crippen LogP contribution < -0.4 is 5.32 Å². The number of hydrogen-bond acceptors (Lipinski definition) is 6. The molecule has 2 amide bonds. The van der Waals surface area contributed by atoms with Crippen molar-refractivity contribution in [3.05, 3.63) is 34.0 Å². The summed E-state index contributed by atoms with van der Waals surface area (Å²) in [5, 5.41) is 22.4. The van der Waals surface area contributed by atoms with Gasteiger partial charge in [0.1, 0.15) is 18.5 Å². The molecule has 3 rings (SSSR count). The minimum atomic E-state index is -0.118. The summed E-state index contributed by atoms with van der Waals surface area (Å²) in [6.45, 7) is 1.69. The Morgan fingerprint density at radius 2 is 2.23 bits per heavy atom. The van der Waals surface area contributed by atoms with Crippen molar-refractivity contribution in [3.8, 4) is 0 Å². The average molecular weight is 379 g/mol. The van der Waals surface area contributed by atoms with Crippen LogP contribution in [0.5, 0.6) is 0 Å². The maximum absolute atomic E-state index is 12.4. The van der Waals surface area contributed by atoms with Gasteiger partial charge >= 0.3 is 6.03 Å². The van der Waals surface area contributed by atoms with Crippen molar-refractivity contribution in [3.63, 3.8) is 0 Å². The summed E-state index contributed by atoms with van der Waals surface area (Å²) in [6.07, 6.45) is 1.56. The number of aliphatic hydroxyl groups excluding tert-OH is 1. The van der Waals surface area contributed by atoms with Crippen molar-refractivity contribution < 1.29 is 14.6 Å². The number of hydrogen-bond donors (Lipinski definition) is 2. The summed E-state index contributed by atoms with van der Waals surface area (Å²) in [7, 11) is 3.53. The van der Waals surface area contributed by atoms with Crippen molar-refractivity contribution in [1.29, 1.82) is 0 Å². The van der Waals surface area contributed by atoms with Gasteiger partial charge in [-0.05, 0) is 24.3 Å². The summed E-state index contributed by atoms with van der Waals surface area (Å²) in [6, 6.07) is 3.93. The monoisotopic (exact) mass is 379 g/mol. The minimum Gasteiger partial charge on any atom is -0.388 e. The van der Waals surface area contributed by atoms with Crippen LogP contribution >= 0.6 is 11.3 Å². The molecule has 0 saturated carbocycles. The van der Waals surface area contributed by atoms with Gasteiger partial charge in [-0.2, -0.15) is 0 Å². The zero-order valence-corrected chi connectivity index (χ0v) is 15.9. The van der Waals surface area contributed by atoms with Gasteiger partial charge in [-0.1, -0.05) is 6.07 Å². The second kappa shape index (κ2) is 8.61. The number of ether oxygens (including phenoxy) is 1. The molecule has 26 heavy (non-hydrogen) atoms. The highest BCUT2D eigenvalue weighted by Gasteiger charge is 2.27. The number of thiophene rings is 1. The SMILES string of the molecule is COC(CNC(=O)N1CCC(c2nnc(CO)n2C)CC1)c1cccs1. The van der Waals surface area contributed by atoms with Crippen molar-refractivity contribution in [2.45, 2.75) is 31.5 Å². The van der Waals surface area contributed by atoms with Gasteiger partial charge in [-0.15, -0.1) is 21.5 Å². The zero-order valence-electron chi connectivity index (χ0n) is 15.1. The Balaban J connectivity index is 1.49. The molecule has 142 valence electrons. The van der Waals surface area contributed by atoms with Crippen LogP contribution in [-0.2, 0) is 18.4 Å². The van der Waals surface area contributed by atoms with Crippen LogP contribution in [0.2, 0.25) is 0 Å². The fourth-order valence-corrected chi connectivity index (χ4v) is 4.08. The van der Waals surface area contributed by atoms with Crippen LogP contribution in [0, 0.1) is 0 Å². The van der Waals surface area contributed by atoms with E-state index in [1.54, 1.807) is 18.4 Å². The van der Waals surface area contributed by atoms with Gasteiger partial charge in [0.25, 0.3) is 0 Å². The molecule has 8 nitrogen and oxygen atoms in total. The summed E-state index contributed by atoms with van der Waals surface area (Å²) in [5.41, 5.74) is 0. The fraction of sp³-hybridized carbons (Fsp3) is 0.588. The van der Waals surface area contributed by atoms with E-state index in [0.29, 0.717) is 25.5 Å². The molecule has 2 N–H and O–H groups in total. The van der Waals surface area contributed by atoms with E-state index in [4.69, 9.17) is 4.74 Å². The van der Waals surface area contributed by atoms with E-state index >= 15 is 0 Å². The molecule has 1 fully saturated rings. The molecule has 2 aromatic heterocycles. The van der Waals surface area contributed by atoms with Gasteiger partial charge < -0.3 is 24.6 Å². The lowest BCUT2D eigenvalue weighted by molar-refractivity contribution is 0.103. The van der Waals surface area contributed by atoms with Crippen LogP contribution in [0.25, 0.3) is 0 Å². The second-order valence-corrected chi connectivity index (χ2v) is 7.36. The lowest BCUT2D eigenvalue weighted by Gasteiger charge is -2.32. The predicted molar refractivity (Wildman–Crippen MR) is 97.9 cm³/mol. The molecule has 0 aromatic carbocycles. The number of nitrogens with zero attached hydrogens (tertiary/aromatic N) is 4. The summed E-state index contributed by atoms with van der Waals surface area (Å²) >= 11 is 1.62. The number of urea groups is 1. The quantitative estimate of drug-likeness (QED) is 0.796. The van der Waals surface area contributed by atoms with Gasteiger partial charge in [0.15, 0.2) is 5.82 Å². The third kappa shape index (κ3) is 4.05. The van der Waals surface area contributed by atoms with Crippen LogP contribution in [0.4, 0.5) is 4.79 Å². The highest BCUT2D eigenvalue weighted by atomic mass is 32.1. The Hall–Kier alpha value is -1.97. The molecule has 2 aromatic rings. The van der Waals surface area contributed by atoms with Crippen LogP contribution in [0.3, 0.4) is 0 Å². The van der Waals surface area contributed by atoms with Gasteiger partial charge in [0.05, 0.1) is 6.54 Å². The lowest BCUT2D eigenvalue weighted by Crippen LogP contribution is -2.45. The first-order valence-electron chi connectivity index (χ1n) is 8.72. The third-order valence-electron chi connectivity index (χ3n) is 4.87. The predicted octanol–water partition coefficient (Wildman–Crippen LogP) is 1.65. The normalized spacial score (nSPS) is 16.7. The zero-order chi connectivity index (χ0) is 18.5. The molecule has 1 atom stereocenters. The molecule has 1 aliphatic heterocycles. The Kier molecular flexibility index (Phi) is 6.23. The standard InChI is InChI=1S/C17H25N5O3S/c1-21-15(11-23)19-20-16(21)12-5-7-22(8-6-12)17(24)18-10-13(25-2)14-4-3-9-26-14/h3-4,9,12-13,23H,5-8,10-11H2,1-2H3,(H,18,24). The minimum absolute atomic E-state index is 0.0592. The number of piperidine rings is 1. The van der Waals surface area contributed by atoms with Gasteiger partial charge in [0, 0.05) is 38.0 Å². The van der Waals surface area contributed by atoms with Gasteiger partial charge in [0.2, 0.25) is 0 Å². The average Bonchev–Trinajstić information content (AvgIpc) is 3.32. The van der Waals surface area contributed by atoms with Crippen LogP contribution in [0.1, 0.15) is 41.4 Å². The molecule has 1 unspecified atom stereocenters. The Morgan fingerprint density at radius 1 is 1.46 bits per heavy atom. The number of likely N-dealkylation sites (tertiary alicyclic amines) is 1. The topological polar surface area (TPSA) is 92.5 Å². The van der Waals surface area contributed by atoms with E-state index < -0.39 is 0 Å². The summed E-state index contributed by atoms with van der Waals surface area (Å²) in [4.78, 5) is 15.4. The highest BCUT2D eigenvalue weighted by molar-refractivity contribution is 7.10. The van der Waals surface area contributed by atoms with E-state index in [9.17, 15) is 9.90 Å². The number of nitrogens with one attached hydrogen (secondary N) is 1. The molecule has 0 aliphatic carbocycles. The molecular formula is C17H25N5O3S. The summed E-state index contributed by atoms with van der Waals surface area (Å²) < 4.78 is 7.32. The van der Waals surface area contributed by atoms with Crippen molar-refractivity contribution in [2.75, 3.05) is 26.7 Å². The molecule has 1 aliphatic rings. The second-order valence-electron chi connectivity index (χ2n) is 6.38. The number of aliphatic hydroxyl groups is 1. The van der Waals surface area contributed by atoms with Gasteiger partial charge in [-0.3, -0.25) is 0 Å². The smallest absolute Gasteiger partial charge is 0.317 e. The number of aromatic nitrogens is 3. The number of rotatable bonds is 6. The van der Waals surface area contributed by atoms with Crippen molar-refractivity contribution >= 4 is 17.4 Å². The summed E-state index contributed by atoms with van der Waals surface area (Å²) in [5.74, 6) is 1.71. The molecule has 1 saturated heterocycles. The molecule has 0 radical (unpaired) electrons. The van der Waals surface area contributed by atoms with Crippen molar-refractivity contribution in [1.82, 2.24) is 25.0 Å². The lowest BCUT2D eigenvalue weighted by atomic mass is 9.96. The van der Waals surface area contributed by atoms with E-state index in [-0.39, 0.29) is 24.7 Å². The first-order valence-corrected chi connectivity index (χ1v) is 9.60. The molecule has 3 heterocycles. The van der Waals surface area contributed by atoms with Crippen molar-refractivity contribution in [2.24, 2.45) is 7.05 Å². The fourth-order valence-electron chi connectivity index (χ4n) is 3.28. The number of methoxy groups -OCH3 is 1. The Bertz CT molecular complexity index is 710. The third-order valence-corrected chi connectivity index (χ3v) is 5.84. The maximum atomic E-state index is 12.4. The van der Waals surface area contributed by atoms with E-state index in [2.05, 4.69) is 15.5 Å². The van der Waals surface area contributed by atoms with E-state index in [1.807, 2.05) is 34.0 Å².